The number of hydrogen-bond donors (Lipinski definition) is 3. The van der Waals surface area contributed by atoms with Crippen molar-refractivity contribution in [1.29, 1.82) is 0 Å². The zero-order valence-corrected chi connectivity index (χ0v) is 15.9. The van der Waals surface area contributed by atoms with Crippen molar-refractivity contribution >= 4 is 12.1 Å². The number of aromatic nitrogens is 2. The van der Waals surface area contributed by atoms with Crippen LogP contribution in [0.1, 0.15) is 48.4 Å². The second-order valence-electron chi connectivity index (χ2n) is 6.48. The summed E-state index contributed by atoms with van der Waals surface area (Å²) in [7, 11) is 0. The van der Waals surface area contributed by atoms with Gasteiger partial charge in [0.05, 0.1) is 11.9 Å². The van der Waals surface area contributed by atoms with Gasteiger partial charge in [-0.15, -0.1) is 0 Å². The molecule has 0 aliphatic heterocycles. The first-order chi connectivity index (χ1) is 12.8. The van der Waals surface area contributed by atoms with E-state index in [0.29, 0.717) is 12.1 Å². The molecule has 1 aromatic carbocycles. The second-order valence-corrected chi connectivity index (χ2v) is 6.48. The Hall–Kier alpha value is -3.16. The molecule has 0 saturated carbocycles. The van der Waals surface area contributed by atoms with E-state index >= 15 is 0 Å². The fourth-order valence-corrected chi connectivity index (χ4v) is 2.95. The summed E-state index contributed by atoms with van der Waals surface area (Å²) in [6.45, 7) is 7.52. The number of unbranched alkanes of at least 4 members (excludes halogenated alkanes) is 1. The topological polar surface area (TPSA) is 117 Å². The fourth-order valence-electron chi connectivity index (χ4n) is 2.95. The van der Waals surface area contributed by atoms with Gasteiger partial charge < -0.3 is 5.11 Å². The van der Waals surface area contributed by atoms with Gasteiger partial charge in [-0.25, -0.2) is 14.8 Å². The summed E-state index contributed by atoms with van der Waals surface area (Å²) >= 11 is 0. The first kappa shape index (κ1) is 20.2. The van der Waals surface area contributed by atoms with Crippen LogP contribution in [-0.4, -0.2) is 26.8 Å². The van der Waals surface area contributed by atoms with Crippen molar-refractivity contribution in [2.45, 2.75) is 47.0 Å². The summed E-state index contributed by atoms with van der Waals surface area (Å²) in [5.74, 6) is -0.826. The van der Waals surface area contributed by atoms with Crippen LogP contribution in [0.3, 0.4) is 0 Å². The van der Waals surface area contributed by atoms with Crippen LogP contribution >= 0.6 is 0 Å². The van der Waals surface area contributed by atoms with Gasteiger partial charge in [0.1, 0.15) is 5.56 Å². The Morgan fingerprint density at radius 3 is 2.48 bits per heavy atom. The summed E-state index contributed by atoms with van der Waals surface area (Å²) < 4.78 is 1.03. The predicted octanol–water partition coefficient (Wildman–Crippen LogP) is 1.80. The number of aromatic amines is 1. The van der Waals surface area contributed by atoms with Gasteiger partial charge in [-0.1, -0.05) is 31.0 Å². The van der Waals surface area contributed by atoms with Crippen LogP contribution in [-0.2, 0) is 4.79 Å². The van der Waals surface area contributed by atoms with E-state index in [2.05, 4.69) is 15.5 Å². The molecular formula is C19H24N4O4. The second kappa shape index (κ2) is 8.48. The molecule has 0 aliphatic carbocycles. The molecule has 144 valence electrons. The lowest BCUT2D eigenvalue weighted by Crippen LogP contribution is -2.32. The lowest BCUT2D eigenvalue weighted by molar-refractivity contribution is -0.121. The van der Waals surface area contributed by atoms with E-state index in [9.17, 15) is 19.5 Å². The van der Waals surface area contributed by atoms with Crippen LogP contribution in [0.25, 0.3) is 5.69 Å². The van der Waals surface area contributed by atoms with Gasteiger partial charge in [-0.05, 0) is 38.3 Å². The number of benzene rings is 1. The maximum Gasteiger partial charge on any atom is 0.335 e. The zero-order chi connectivity index (χ0) is 20.1. The molecule has 0 fully saturated rings. The summed E-state index contributed by atoms with van der Waals surface area (Å²) in [4.78, 5) is 38.2. The largest absolute Gasteiger partial charge is 0.493 e. The normalized spacial score (nSPS) is 11.1. The molecule has 1 amide bonds. The molecule has 0 saturated heterocycles. The van der Waals surface area contributed by atoms with Crippen molar-refractivity contribution in [3.63, 3.8) is 0 Å². The minimum absolute atomic E-state index is 0.218. The number of H-pyrrole nitrogens is 1. The minimum atomic E-state index is -0.789. The number of rotatable bonds is 6. The van der Waals surface area contributed by atoms with Crippen LogP contribution < -0.4 is 16.7 Å². The highest BCUT2D eigenvalue weighted by atomic mass is 16.3. The smallest absolute Gasteiger partial charge is 0.335 e. The van der Waals surface area contributed by atoms with Crippen LogP contribution in [0.2, 0.25) is 0 Å². The van der Waals surface area contributed by atoms with Gasteiger partial charge in [0, 0.05) is 6.42 Å². The monoisotopic (exact) mass is 372 g/mol. The molecule has 8 heteroatoms. The molecule has 0 unspecified atom stereocenters. The Morgan fingerprint density at radius 2 is 1.89 bits per heavy atom. The highest BCUT2D eigenvalue weighted by Crippen LogP contribution is 2.23. The average molecular weight is 372 g/mol. The summed E-state index contributed by atoms with van der Waals surface area (Å²) in [6, 6.07) is 3.75. The van der Waals surface area contributed by atoms with Crippen molar-refractivity contribution in [2.24, 2.45) is 5.10 Å². The highest BCUT2D eigenvalue weighted by Gasteiger charge is 2.17. The fraction of sp³-hybridized carbons (Fsp3) is 0.368. The molecule has 0 bridgehead atoms. The number of carbonyl (C=O) groups is 1. The van der Waals surface area contributed by atoms with E-state index in [1.165, 1.54) is 0 Å². The Balaban J connectivity index is 2.49. The summed E-state index contributed by atoms with van der Waals surface area (Å²) in [5, 5.41) is 14.3. The molecule has 3 N–H and O–H groups in total. The molecule has 0 radical (unpaired) electrons. The maximum atomic E-state index is 12.3. The molecule has 0 atom stereocenters. The van der Waals surface area contributed by atoms with Gasteiger partial charge in [0.15, 0.2) is 0 Å². The molecule has 27 heavy (non-hydrogen) atoms. The quantitative estimate of drug-likeness (QED) is 0.529. The van der Waals surface area contributed by atoms with Crippen molar-refractivity contribution in [3.8, 4) is 11.6 Å². The lowest BCUT2D eigenvalue weighted by atomic mass is 10.0. The summed E-state index contributed by atoms with van der Waals surface area (Å²) in [6.07, 6.45) is 2.95. The van der Waals surface area contributed by atoms with Gasteiger partial charge in [0.25, 0.3) is 5.56 Å². The molecule has 2 rings (SSSR count). The number of amides is 1. The number of carbonyl (C=O) groups excluding carboxylic acids is 1. The minimum Gasteiger partial charge on any atom is -0.493 e. The molecular weight excluding hydrogens is 348 g/mol. The zero-order valence-electron chi connectivity index (χ0n) is 15.9. The molecule has 2 aromatic rings. The van der Waals surface area contributed by atoms with Crippen LogP contribution in [0.15, 0.2) is 26.8 Å². The van der Waals surface area contributed by atoms with E-state index in [-0.39, 0.29) is 11.5 Å². The number of aryl methyl sites for hydroxylation is 3. The van der Waals surface area contributed by atoms with E-state index in [0.717, 1.165) is 40.3 Å². The average Bonchev–Trinajstić information content (AvgIpc) is 2.57. The third kappa shape index (κ3) is 4.52. The number of nitrogens with zero attached hydrogens (tertiary/aromatic N) is 2. The first-order valence-corrected chi connectivity index (χ1v) is 8.74. The Labute approximate surface area is 156 Å². The first-order valence-electron chi connectivity index (χ1n) is 8.74. The van der Waals surface area contributed by atoms with Gasteiger partial charge in [0.2, 0.25) is 11.8 Å². The molecule has 1 aromatic heterocycles. The summed E-state index contributed by atoms with van der Waals surface area (Å²) in [5.41, 5.74) is 3.59. The van der Waals surface area contributed by atoms with Crippen molar-refractivity contribution in [1.82, 2.24) is 15.0 Å². The van der Waals surface area contributed by atoms with Crippen LogP contribution in [0, 0.1) is 20.8 Å². The third-order valence-electron chi connectivity index (χ3n) is 4.12. The SMILES string of the molecule is CCCCC(=O)N/N=C/c1c(O)n(-c2c(C)cc(C)cc2C)c(=O)[nH]c1=O. The molecule has 0 spiro atoms. The number of hydrazone groups is 1. The predicted molar refractivity (Wildman–Crippen MR) is 104 cm³/mol. The van der Waals surface area contributed by atoms with Crippen LogP contribution in [0.4, 0.5) is 0 Å². The van der Waals surface area contributed by atoms with E-state index in [1.807, 2.05) is 39.8 Å². The molecule has 0 aliphatic rings. The Bertz CT molecular complexity index is 979. The van der Waals surface area contributed by atoms with Crippen molar-refractivity contribution in [3.05, 3.63) is 55.2 Å². The molecule has 8 nitrogen and oxygen atoms in total. The van der Waals surface area contributed by atoms with Gasteiger partial charge in [-0.2, -0.15) is 5.10 Å². The standard InChI is InChI=1S/C19H24N4O4/c1-5-6-7-15(24)22-20-10-14-17(25)21-19(27)23(18(14)26)16-12(3)8-11(2)9-13(16)4/h8-10,26H,5-7H2,1-4H3,(H,22,24)(H,21,25,27)/b20-10+. The van der Waals surface area contributed by atoms with Crippen molar-refractivity contribution in [2.75, 3.05) is 0 Å². The van der Waals surface area contributed by atoms with E-state index in [1.54, 1.807) is 0 Å². The van der Waals surface area contributed by atoms with E-state index in [4.69, 9.17) is 0 Å². The maximum absolute atomic E-state index is 12.3. The van der Waals surface area contributed by atoms with Crippen molar-refractivity contribution < 1.29 is 9.90 Å². The highest BCUT2D eigenvalue weighted by molar-refractivity contribution is 5.84. The number of nitrogens with one attached hydrogen (secondary N) is 2. The van der Waals surface area contributed by atoms with Crippen LogP contribution in [0.5, 0.6) is 5.88 Å². The third-order valence-corrected chi connectivity index (χ3v) is 4.12. The Morgan fingerprint density at radius 1 is 1.26 bits per heavy atom. The number of hydrogen-bond acceptors (Lipinski definition) is 5. The van der Waals surface area contributed by atoms with Gasteiger partial charge >= 0.3 is 5.69 Å². The lowest BCUT2D eigenvalue weighted by Gasteiger charge is -2.15. The van der Waals surface area contributed by atoms with E-state index < -0.39 is 17.1 Å². The van der Waals surface area contributed by atoms with Gasteiger partial charge in [-0.3, -0.25) is 14.6 Å². The number of aromatic hydroxyl groups is 1. The molecule has 1 heterocycles. The Kier molecular flexibility index (Phi) is 6.33.